The highest BCUT2D eigenvalue weighted by Gasteiger charge is 2.34. The standard InChI is InChI=1S/C25H27ClN4O2/c1-32-13-12-30-16-21(18-8-4-2-5-9-18)23(17-30)29-25(31)28-22-14-20(26)15-27-24(22)19-10-6-3-7-11-19/h2-11,14-15,21,23H,12-13,16-17H2,1H3,(H2,28,29,31)/t21-,23+/m1/s1. The second kappa shape index (κ2) is 10.6. The van der Waals surface area contributed by atoms with Gasteiger partial charge >= 0.3 is 6.03 Å². The van der Waals surface area contributed by atoms with Crippen molar-refractivity contribution < 1.29 is 9.53 Å². The molecule has 0 aliphatic carbocycles. The number of hydrogen-bond donors (Lipinski definition) is 2. The smallest absolute Gasteiger partial charge is 0.319 e. The lowest BCUT2D eigenvalue weighted by molar-refractivity contribution is 0.159. The first-order valence-corrected chi connectivity index (χ1v) is 11.1. The number of hydrogen-bond acceptors (Lipinski definition) is 4. The average Bonchev–Trinajstić information content (AvgIpc) is 3.21. The Labute approximate surface area is 193 Å². The van der Waals surface area contributed by atoms with Crippen molar-refractivity contribution in [1.29, 1.82) is 0 Å². The van der Waals surface area contributed by atoms with Crippen LogP contribution in [0.3, 0.4) is 0 Å². The van der Waals surface area contributed by atoms with E-state index in [-0.39, 0.29) is 18.0 Å². The number of ether oxygens (including phenoxy) is 1. The Kier molecular flexibility index (Phi) is 7.37. The highest BCUT2D eigenvalue weighted by atomic mass is 35.5. The molecule has 32 heavy (non-hydrogen) atoms. The molecule has 3 aromatic rings. The highest BCUT2D eigenvalue weighted by Crippen LogP contribution is 2.30. The van der Waals surface area contributed by atoms with Crippen molar-refractivity contribution in [3.63, 3.8) is 0 Å². The quantitative estimate of drug-likeness (QED) is 0.550. The molecule has 7 heteroatoms. The molecular formula is C25H27ClN4O2. The van der Waals surface area contributed by atoms with E-state index in [1.807, 2.05) is 48.5 Å². The summed E-state index contributed by atoms with van der Waals surface area (Å²) < 4.78 is 5.25. The summed E-state index contributed by atoms with van der Waals surface area (Å²) in [5.41, 5.74) is 3.38. The Morgan fingerprint density at radius 3 is 2.56 bits per heavy atom. The van der Waals surface area contributed by atoms with E-state index < -0.39 is 0 Å². The largest absolute Gasteiger partial charge is 0.383 e. The fourth-order valence-electron chi connectivity index (χ4n) is 4.16. The molecule has 2 N–H and O–H groups in total. The summed E-state index contributed by atoms with van der Waals surface area (Å²) in [5, 5.41) is 6.61. The van der Waals surface area contributed by atoms with Gasteiger partial charge in [-0.1, -0.05) is 72.3 Å². The molecule has 2 heterocycles. The summed E-state index contributed by atoms with van der Waals surface area (Å²) in [7, 11) is 1.71. The van der Waals surface area contributed by atoms with Gasteiger partial charge in [0.15, 0.2) is 0 Å². The summed E-state index contributed by atoms with van der Waals surface area (Å²) in [4.78, 5) is 19.8. The van der Waals surface area contributed by atoms with E-state index in [0.29, 0.717) is 23.0 Å². The van der Waals surface area contributed by atoms with Crippen LogP contribution in [0.15, 0.2) is 72.9 Å². The minimum atomic E-state index is -0.272. The number of amides is 2. The molecule has 1 saturated heterocycles. The van der Waals surface area contributed by atoms with Crippen LogP contribution in [0.2, 0.25) is 5.02 Å². The third-order valence-electron chi connectivity index (χ3n) is 5.70. The van der Waals surface area contributed by atoms with Crippen LogP contribution in [-0.4, -0.2) is 55.3 Å². The monoisotopic (exact) mass is 450 g/mol. The van der Waals surface area contributed by atoms with Crippen molar-refractivity contribution >= 4 is 23.3 Å². The van der Waals surface area contributed by atoms with Gasteiger partial charge in [-0.15, -0.1) is 0 Å². The maximum Gasteiger partial charge on any atom is 0.319 e. The van der Waals surface area contributed by atoms with Gasteiger partial charge in [0.25, 0.3) is 0 Å². The van der Waals surface area contributed by atoms with Gasteiger partial charge in [-0.25, -0.2) is 4.79 Å². The zero-order valence-corrected chi connectivity index (χ0v) is 18.8. The number of likely N-dealkylation sites (tertiary alicyclic amines) is 1. The molecule has 1 aliphatic heterocycles. The topological polar surface area (TPSA) is 66.5 Å². The van der Waals surface area contributed by atoms with Crippen LogP contribution in [-0.2, 0) is 4.74 Å². The third-order valence-corrected chi connectivity index (χ3v) is 5.91. The van der Waals surface area contributed by atoms with Crippen molar-refractivity contribution in [2.45, 2.75) is 12.0 Å². The van der Waals surface area contributed by atoms with Gasteiger partial charge < -0.3 is 15.4 Å². The lowest BCUT2D eigenvalue weighted by Crippen LogP contribution is -2.42. The predicted octanol–water partition coefficient (Wildman–Crippen LogP) is 4.64. The third kappa shape index (κ3) is 5.46. The molecule has 1 aliphatic rings. The number of urea groups is 1. The minimum absolute atomic E-state index is 0.0263. The number of nitrogens with one attached hydrogen (secondary N) is 2. The number of carbonyl (C=O) groups excluding carboxylic acids is 1. The van der Waals surface area contributed by atoms with Gasteiger partial charge in [0.1, 0.15) is 0 Å². The number of aromatic nitrogens is 1. The second-order valence-electron chi connectivity index (χ2n) is 7.89. The lowest BCUT2D eigenvalue weighted by atomic mass is 9.94. The second-order valence-corrected chi connectivity index (χ2v) is 8.33. The van der Waals surface area contributed by atoms with E-state index in [1.54, 1.807) is 19.4 Å². The van der Waals surface area contributed by atoms with Crippen molar-refractivity contribution in [3.05, 3.63) is 83.5 Å². The Hall–Kier alpha value is -2.93. The first kappa shape index (κ1) is 22.3. The lowest BCUT2D eigenvalue weighted by Gasteiger charge is -2.21. The maximum absolute atomic E-state index is 13.0. The van der Waals surface area contributed by atoms with Gasteiger partial charge in [-0.3, -0.25) is 9.88 Å². The molecule has 166 valence electrons. The van der Waals surface area contributed by atoms with Gasteiger partial charge in [0.2, 0.25) is 0 Å². The summed E-state index contributed by atoms with van der Waals surface area (Å²) in [6.45, 7) is 3.12. The zero-order chi connectivity index (χ0) is 22.3. The SMILES string of the molecule is COCCN1C[C@H](NC(=O)Nc2cc(Cl)cnc2-c2ccccc2)[C@@H](c2ccccc2)C1. The van der Waals surface area contributed by atoms with Crippen molar-refractivity contribution in [3.8, 4) is 11.3 Å². The fourth-order valence-corrected chi connectivity index (χ4v) is 4.32. The number of carbonyl (C=O) groups is 1. The molecule has 2 amide bonds. The molecule has 2 aromatic carbocycles. The molecule has 2 atom stereocenters. The van der Waals surface area contributed by atoms with Gasteiger partial charge in [0.05, 0.1) is 29.1 Å². The molecule has 4 rings (SSSR count). The number of anilines is 1. The highest BCUT2D eigenvalue weighted by molar-refractivity contribution is 6.30. The maximum atomic E-state index is 13.0. The number of nitrogens with zero attached hydrogens (tertiary/aromatic N) is 2. The summed E-state index contributed by atoms with van der Waals surface area (Å²) in [6.07, 6.45) is 1.59. The van der Waals surface area contributed by atoms with Crippen LogP contribution in [0.25, 0.3) is 11.3 Å². The number of benzene rings is 2. The molecular weight excluding hydrogens is 424 g/mol. The van der Waals surface area contributed by atoms with E-state index in [9.17, 15) is 4.79 Å². The molecule has 0 spiro atoms. The molecule has 0 saturated carbocycles. The van der Waals surface area contributed by atoms with E-state index in [0.717, 1.165) is 25.2 Å². The average molecular weight is 451 g/mol. The summed E-state index contributed by atoms with van der Waals surface area (Å²) in [6, 6.07) is 21.5. The van der Waals surface area contributed by atoms with Gasteiger partial charge in [-0.2, -0.15) is 0 Å². The van der Waals surface area contributed by atoms with E-state index >= 15 is 0 Å². The number of rotatable bonds is 7. The number of pyridine rings is 1. The molecule has 0 radical (unpaired) electrons. The first-order chi connectivity index (χ1) is 15.6. The van der Waals surface area contributed by atoms with Crippen LogP contribution in [0.5, 0.6) is 0 Å². The Balaban J connectivity index is 1.51. The van der Waals surface area contributed by atoms with Crippen LogP contribution >= 0.6 is 11.6 Å². The predicted molar refractivity (Wildman–Crippen MR) is 128 cm³/mol. The zero-order valence-electron chi connectivity index (χ0n) is 18.0. The van der Waals surface area contributed by atoms with Gasteiger partial charge in [-0.05, 0) is 11.6 Å². The Bertz CT molecular complexity index is 1030. The van der Waals surface area contributed by atoms with Crippen LogP contribution in [0.1, 0.15) is 11.5 Å². The fraction of sp³-hybridized carbons (Fsp3) is 0.280. The number of halogens is 1. The minimum Gasteiger partial charge on any atom is -0.383 e. The summed E-state index contributed by atoms with van der Waals surface area (Å²) >= 11 is 6.18. The van der Waals surface area contributed by atoms with Crippen molar-refractivity contribution in [1.82, 2.24) is 15.2 Å². The van der Waals surface area contributed by atoms with Crippen LogP contribution in [0, 0.1) is 0 Å². The Morgan fingerprint density at radius 2 is 1.84 bits per heavy atom. The Morgan fingerprint density at radius 1 is 1.12 bits per heavy atom. The first-order valence-electron chi connectivity index (χ1n) is 10.7. The normalized spacial score (nSPS) is 18.4. The van der Waals surface area contributed by atoms with Crippen LogP contribution in [0.4, 0.5) is 10.5 Å². The molecule has 1 fully saturated rings. The summed E-state index contributed by atoms with van der Waals surface area (Å²) in [5.74, 6) is 0.199. The molecule has 1 aromatic heterocycles. The van der Waals surface area contributed by atoms with Gasteiger partial charge in [0, 0.05) is 44.4 Å². The number of methoxy groups -OCH3 is 1. The van der Waals surface area contributed by atoms with Crippen LogP contribution < -0.4 is 10.6 Å². The molecule has 0 bridgehead atoms. The van der Waals surface area contributed by atoms with E-state index in [4.69, 9.17) is 16.3 Å². The van der Waals surface area contributed by atoms with Crippen molar-refractivity contribution in [2.24, 2.45) is 0 Å². The molecule has 0 unspecified atom stereocenters. The van der Waals surface area contributed by atoms with E-state index in [1.165, 1.54) is 5.56 Å². The van der Waals surface area contributed by atoms with Crippen molar-refractivity contribution in [2.75, 3.05) is 38.7 Å². The molecule has 6 nitrogen and oxygen atoms in total. The van der Waals surface area contributed by atoms with E-state index in [2.05, 4.69) is 32.7 Å².